The number of hydrogen-bond acceptors (Lipinski definition) is 1. The molecule has 130 valence electrons. The predicted octanol–water partition coefficient (Wildman–Crippen LogP) is 5.77. The zero-order valence-electron chi connectivity index (χ0n) is 15.5. The van der Waals surface area contributed by atoms with E-state index in [9.17, 15) is 0 Å². The summed E-state index contributed by atoms with van der Waals surface area (Å²) >= 11 is 0. The molecule has 0 aliphatic heterocycles. The smallest absolute Gasteiger partial charge is 0.0480 e. The molecule has 0 spiro atoms. The number of hydrogen-bond donors (Lipinski definition) is 2. The minimum Gasteiger partial charge on any atom is -0.357 e. The van der Waals surface area contributed by atoms with Crippen molar-refractivity contribution in [2.24, 2.45) is 0 Å². The van der Waals surface area contributed by atoms with Crippen LogP contribution in [0.15, 0.2) is 42.5 Å². The molecule has 0 saturated carbocycles. The van der Waals surface area contributed by atoms with Crippen molar-refractivity contribution in [1.82, 2.24) is 10.3 Å². The zero-order valence-corrected chi connectivity index (χ0v) is 15.5. The van der Waals surface area contributed by atoms with Crippen LogP contribution in [-0.2, 0) is 12.8 Å². The Hall–Kier alpha value is -2.06. The fourth-order valence-electron chi connectivity index (χ4n) is 4.22. The highest BCUT2D eigenvalue weighted by Crippen LogP contribution is 2.36. The van der Waals surface area contributed by atoms with Gasteiger partial charge < -0.3 is 10.3 Å². The Morgan fingerprint density at radius 2 is 2.08 bits per heavy atom. The quantitative estimate of drug-likeness (QED) is 0.624. The first kappa shape index (κ1) is 16.4. The molecule has 4 rings (SSSR count). The Morgan fingerprint density at radius 3 is 2.92 bits per heavy atom. The highest BCUT2D eigenvalue weighted by Gasteiger charge is 2.25. The van der Waals surface area contributed by atoms with Crippen molar-refractivity contribution >= 4 is 10.9 Å². The van der Waals surface area contributed by atoms with Gasteiger partial charge in [0.1, 0.15) is 0 Å². The van der Waals surface area contributed by atoms with Gasteiger partial charge in [0, 0.05) is 28.7 Å². The lowest BCUT2D eigenvalue weighted by Gasteiger charge is -2.27. The number of aryl methyl sites for hydroxylation is 3. The normalized spacial score (nSPS) is 18.3. The van der Waals surface area contributed by atoms with Crippen molar-refractivity contribution in [2.75, 3.05) is 0 Å². The maximum atomic E-state index is 3.89. The summed E-state index contributed by atoms with van der Waals surface area (Å²) in [6.45, 7) is 6.69. The standard InChI is InChI=1S/C23H28N2/c1-4-17-7-5-8-18(14-17)16(3)24-22-10-6-9-19-20-13-15(2)11-12-21(20)25-23(19)22/h5,7-8,11-14,16,22,24-25H,4,6,9-10H2,1-3H3/t16-,22-/m1/s1. The van der Waals surface area contributed by atoms with Gasteiger partial charge in [-0.2, -0.15) is 0 Å². The van der Waals surface area contributed by atoms with E-state index < -0.39 is 0 Å². The van der Waals surface area contributed by atoms with Crippen LogP contribution in [0.25, 0.3) is 10.9 Å². The van der Waals surface area contributed by atoms with E-state index in [1.54, 1.807) is 0 Å². The number of benzene rings is 2. The summed E-state index contributed by atoms with van der Waals surface area (Å²) in [5, 5.41) is 5.31. The third-order valence-electron chi connectivity index (χ3n) is 5.67. The number of fused-ring (bicyclic) bond motifs is 3. The minimum absolute atomic E-state index is 0.357. The van der Waals surface area contributed by atoms with Crippen molar-refractivity contribution in [3.05, 3.63) is 70.4 Å². The number of aromatic amines is 1. The molecular formula is C23H28N2. The van der Waals surface area contributed by atoms with Gasteiger partial charge in [-0.05, 0) is 68.4 Å². The van der Waals surface area contributed by atoms with E-state index in [0.29, 0.717) is 12.1 Å². The molecule has 0 unspecified atom stereocenters. The topological polar surface area (TPSA) is 27.8 Å². The van der Waals surface area contributed by atoms with Crippen LogP contribution in [0.2, 0.25) is 0 Å². The van der Waals surface area contributed by atoms with Crippen molar-refractivity contribution in [1.29, 1.82) is 0 Å². The molecular weight excluding hydrogens is 304 g/mol. The van der Waals surface area contributed by atoms with Gasteiger partial charge in [0.2, 0.25) is 0 Å². The average Bonchev–Trinajstić information content (AvgIpc) is 3.01. The highest BCUT2D eigenvalue weighted by atomic mass is 15.0. The van der Waals surface area contributed by atoms with Crippen molar-refractivity contribution in [3.63, 3.8) is 0 Å². The molecule has 0 bridgehead atoms. The number of nitrogens with one attached hydrogen (secondary N) is 2. The lowest BCUT2D eigenvalue weighted by molar-refractivity contribution is 0.410. The van der Waals surface area contributed by atoms with E-state index in [4.69, 9.17) is 0 Å². The second-order valence-electron chi connectivity index (χ2n) is 7.50. The van der Waals surface area contributed by atoms with E-state index in [-0.39, 0.29) is 0 Å². The van der Waals surface area contributed by atoms with Gasteiger partial charge in [0.15, 0.2) is 0 Å². The largest absolute Gasteiger partial charge is 0.357 e. The maximum absolute atomic E-state index is 3.89. The molecule has 0 amide bonds. The highest BCUT2D eigenvalue weighted by molar-refractivity contribution is 5.85. The van der Waals surface area contributed by atoms with Gasteiger partial charge in [0.25, 0.3) is 0 Å². The molecule has 1 aliphatic carbocycles. The second kappa shape index (κ2) is 6.68. The van der Waals surface area contributed by atoms with Crippen molar-refractivity contribution in [2.45, 2.75) is 58.5 Å². The van der Waals surface area contributed by atoms with Crippen LogP contribution in [0, 0.1) is 6.92 Å². The molecule has 2 N–H and O–H groups in total. The summed E-state index contributed by atoms with van der Waals surface area (Å²) in [7, 11) is 0. The summed E-state index contributed by atoms with van der Waals surface area (Å²) in [4.78, 5) is 3.71. The molecule has 25 heavy (non-hydrogen) atoms. The molecule has 2 atom stereocenters. The first-order valence-electron chi connectivity index (χ1n) is 9.61. The van der Waals surface area contributed by atoms with E-state index in [2.05, 4.69) is 73.5 Å². The Bertz CT molecular complexity index is 890. The van der Waals surface area contributed by atoms with Gasteiger partial charge in [-0.15, -0.1) is 0 Å². The lowest BCUT2D eigenvalue weighted by atomic mass is 9.90. The van der Waals surface area contributed by atoms with Crippen molar-refractivity contribution in [3.8, 4) is 0 Å². The molecule has 0 saturated heterocycles. The Kier molecular flexibility index (Phi) is 4.39. The molecule has 0 fully saturated rings. The first-order valence-corrected chi connectivity index (χ1v) is 9.61. The summed E-state index contributed by atoms with van der Waals surface area (Å²) in [5.41, 5.74) is 8.36. The molecule has 2 heteroatoms. The van der Waals surface area contributed by atoms with Crippen LogP contribution in [0.5, 0.6) is 0 Å². The molecule has 1 aliphatic rings. The van der Waals surface area contributed by atoms with Crippen LogP contribution in [0.3, 0.4) is 0 Å². The van der Waals surface area contributed by atoms with Crippen LogP contribution in [0.4, 0.5) is 0 Å². The van der Waals surface area contributed by atoms with Crippen LogP contribution < -0.4 is 5.32 Å². The van der Waals surface area contributed by atoms with Gasteiger partial charge >= 0.3 is 0 Å². The SMILES string of the molecule is CCc1cccc([C@@H](C)N[C@@H]2CCCc3c2[nH]c2ccc(C)cc32)c1. The van der Waals surface area contributed by atoms with Crippen molar-refractivity contribution < 1.29 is 0 Å². The lowest BCUT2D eigenvalue weighted by Crippen LogP contribution is -2.27. The number of H-pyrrole nitrogens is 1. The van der Waals surface area contributed by atoms with Crippen LogP contribution >= 0.6 is 0 Å². The fraction of sp³-hybridized carbons (Fsp3) is 0.391. The van der Waals surface area contributed by atoms with Gasteiger partial charge in [-0.1, -0.05) is 42.8 Å². The third-order valence-corrected chi connectivity index (χ3v) is 5.67. The molecule has 1 aromatic heterocycles. The monoisotopic (exact) mass is 332 g/mol. The molecule has 3 aromatic rings. The summed E-state index contributed by atoms with van der Waals surface area (Å²) in [5.74, 6) is 0. The Labute approximate surface area is 150 Å². The summed E-state index contributed by atoms with van der Waals surface area (Å²) in [6, 6.07) is 16.5. The summed E-state index contributed by atoms with van der Waals surface area (Å²) in [6.07, 6.45) is 4.75. The Balaban J connectivity index is 1.63. The van der Waals surface area contributed by atoms with E-state index >= 15 is 0 Å². The third kappa shape index (κ3) is 3.11. The molecule has 1 heterocycles. The van der Waals surface area contributed by atoms with Gasteiger partial charge in [-0.3, -0.25) is 0 Å². The zero-order chi connectivity index (χ0) is 17.4. The van der Waals surface area contributed by atoms with E-state index in [1.165, 1.54) is 58.1 Å². The van der Waals surface area contributed by atoms with Gasteiger partial charge in [0.05, 0.1) is 0 Å². The van der Waals surface area contributed by atoms with Crippen LogP contribution in [-0.4, -0.2) is 4.98 Å². The average molecular weight is 332 g/mol. The van der Waals surface area contributed by atoms with E-state index in [1.807, 2.05) is 0 Å². The molecule has 0 radical (unpaired) electrons. The van der Waals surface area contributed by atoms with Crippen LogP contribution in [0.1, 0.15) is 66.7 Å². The minimum atomic E-state index is 0.357. The molecule has 2 nitrogen and oxygen atoms in total. The molecule has 2 aromatic carbocycles. The number of aromatic nitrogens is 1. The Morgan fingerprint density at radius 1 is 1.20 bits per heavy atom. The predicted molar refractivity (Wildman–Crippen MR) is 106 cm³/mol. The number of rotatable bonds is 4. The fourth-order valence-corrected chi connectivity index (χ4v) is 4.22. The van der Waals surface area contributed by atoms with Gasteiger partial charge in [-0.25, -0.2) is 0 Å². The summed E-state index contributed by atoms with van der Waals surface area (Å²) < 4.78 is 0. The maximum Gasteiger partial charge on any atom is 0.0480 e. The second-order valence-corrected chi connectivity index (χ2v) is 7.50. The van der Waals surface area contributed by atoms with E-state index in [0.717, 1.165) is 6.42 Å². The first-order chi connectivity index (χ1) is 12.2.